The second-order valence-corrected chi connectivity index (χ2v) is 12.3. The molecule has 0 bridgehead atoms. The topological polar surface area (TPSA) is 223 Å². The summed E-state index contributed by atoms with van der Waals surface area (Å²) in [6, 6.07) is 2.83. The first-order valence-corrected chi connectivity index (χ1v) is 14.8. The number of nitrogens with two attached hydrogens (primary N) is 1. The minimum Gasteiger partial charge on any atom is -0.510 e. The number of nitrogens with zero attached hydrogens (tertiary/aromatic N) is 1. The minimum absolute atomic E-state index is 0.117. The number of alkyl halides is 4. The molecule has 0 saturated carbocycles. The fourth-order valence-corrected chi connectivity index (χ4v) is 7.18. The summed E-state index contributed by atoms with van der Waals surface area (Å²) in [5, 5.41) is 61.2. The van der Waals surface area contributed by atoms with E-state index in [0.717, 1.165) is 12.1 Å². The van der Waals surface area contributed by atoms with Gasteiger partial charge < -0.3 is 41.9 Å². The number of Topliss-reactive ketones (excluding diaryl/α,β-unsaturated/α-hetero) is 2. The van der Waals surface area contributed by atoms with Gasteiger partial charge in [0.25, 0.3) is 5.91 Å². The highest BCUT2D eigenvalue weighted by molar-refractivity contribution is 6.25. The Morgan fingerprint density at radius 1 is 1.06 bits per heavy atom. The number of ketones is 2. The number of rotatable bonds is 5. The molecule has 17 heteroatoms. The van der Waals surface area contributed by atoms with Crippen molar-refractivity contribution in [1.29, 1.82) is 0 Å². The van der Waals surface area contributed by atoms with E-state index in [1.54, 1.807) is 0 Å². The van der Waals surface area contributed by atoms with Crippen molar-refractivity contribution in [2.75, 3.05) is 24.7 Å². The molecule has 3 amide bonds. The minimum atomic E-state index is -4.86. The molecule has 256 valence electrons. The van der Waals surface area contributed by atoms with Crippen LogP contribution in [0.5, 0.6) is 5.75 Å². The van der Waals surface area contributed by atoms with Gasteiger partial charge in [0.15, 0.2) is 17.1 Å². The van der Waals surface area contributed by atoms with Crippen LogP contribution in [0.4, 0.5) is 29.3 Å². The van der Waals surface area contributed by atoms with Crippen LogP contribution >= 0.6 is 11.6 Å². The number of aromatic hydroxyl groups is 1. The molecular formula is C31H30ClF3N4O9. The predicted molar refractivity (Wildman–Crippen MR) is 163 cm³/mol. The molecule has 3 aliphatic carbocycles. The predicted octanol–water partition coefficient (Wildman–Crippen LogP) is 3.05. The van der Waals surface area contributed by atoms with Gasteiger partial charge in [-0.25, -0.2) is 4.79 Å². The third kappa shape index (κ3) is 5.06. The van der Waals surface area contributed by atoms with E-state index < -0.39 is 116 Å². The molecule has 0 aromatic heterocycles. The lowest BCUT2D eigenvalue weighted by Gasteiger charge is -2.53. The van der Waals surface area contributed by atoms with E-state index in [4.69, 9.17) is 17.3 Å². The highest BCUT2D eigenvalue weighted by Crippen LogP contribution is 2.56. The molecule has 13 nitrogen and oxygen atoms in total. The average molecular weight is 695 g/mol. The fraction of sp³-hybridized carbons (Fsp3) is 0.355. The van der Waals surface area contributed by atoms with Crippen LogP contribution in [-0.4, -0.2) is 85.8 Å². The zero-order chi connectivity index (χ0) is 35.8. The molecule has 2 aromatic rings. The molecule has 0 radical (unpaired) electrons. The van der Waals surface area contributed by atoms with Crippen LogP contribution in [-0.2, 0) is 21.6 Å². The van der Waals surface area contributed by atoms with Crippen LogP contribution in [0.15, 0.2) is 53.0 Å². The largest absolute Gasteiger partial charge is 0.510 e. The average Bonchev–Trinajstić information content (AvgIpc) is 2.99. The Morgan fingerprint density at radius 3 is 2.23 bits per heavy atom. The smallest absolute Gasteiger partial charge is 0.418 e. The van der Waals surface area contributed by atoms with Gasteiger partial charge in [0.1, 0.15) is 17.1 Å². The highest BCUT2D eigenvalue weighted by atomic mass is 35.5. The van der Waals surface area contributed by atoms with E-state index in [-0.39, 0.29) is 17.0 Å². The van der Waals surface area contributed by atoms with Crippen LogP contribution in [0.25, 0.3) is 0 Å². The lowest BCUT2D eigenvalue weighted by molar-refractivity contribution is -0.162. The quantitative estimate of drug-likeness (QED) is 0.130. The van der Waals surface area contributed by atoms with Gasteiger partial charge >= 0.3 is 12.2 Å². The van der Waals surface area contributed by atoms with Gasteiger partial charge in [-0.1, -0.05) is 19.1 Å². The van der Waals surface area contributed by atoms with Gasteiger partial charge in [0, 0.05) is 17.4 Å². The molecule has 0 spiro atoms. The summed E-state index contributed by atoms with van der Waals surface area (Å²) in [5.41, 5.74) is -2.03. The molecule has 0 fully saturated rings. The van der Waals surface area contributed by atoms with Crippen LogP contribution in [0.2, 0.25) is 0 Å². The molecule has 6 atom stereocenters. The summed E-state index contributed by atoms with van der Waals surface area (Å²) in [7, 11) is 2.82. The maximum absolute atomic E-state index is 14.0. The number of hydrogen-bond acceptors (Lipinski definition) is 10. The first-order chi connectivity index (χ1) is 22.3. The van der Waals surface area contributed by atoms with E-state index in [0.29, 0.717) is 0 Å². The highest BCUT2D eigenvalue weighted by Gasteiger charge is 2.67. The van der Waals surface area contributed by atoms with Crippen molar-refractivity contribution < 1.29 is 57.9 Å². The molecule has 0 unspecified atom stereocenters. The molecule has 0 saturated heterocycles. The van der Waals surface area contributed by atoms with Gasteiger partial charge in [-0.15, -0.1) is 11.6 Å². The number of anilines is 2. The van der Waals surface area contributed by atoms with Crippen LogP contribution in [0.1, 0.15) is 39.9 Å². The first kappa shape index (κ1) is 34.7. The molecular weight excluding hydrogens is 665 g/mol. The number of aliphatic hydroxyl groups excluding tert-OH is 3. The maximum Gasteiger partial charge on any atom is 0.418 e. The Bertz CT molecular complexity index is 1840. The van der Waals surface area contributed by atoms with Gasteiger partial charge in [-0.3, -0.25) is 19.3 Å². The summed E-state index contributed by atoms with van der Waals surface area (Å²) in [6.07, 6.45) is -6.67. The summed E-state index contributed by atoms with van der Waals surface area (Å²) >= 11 is 5.65. The van der Waals surface area contributed by atoms with Gasteiger partial charge in [0.2, 0.25) is 5.78 Å². The molecule has 5 rings (SSSR count). The Hall–Kier alpha value is -4.64. The van der Waals surface area contributed by atoms with Crippen LogP contribution in [0.3, 0.4) is 0 Å². The van der Waals surface area contributed by atoms with Crippen molar-refractivity contribution in [2.24, 2.45) is 17.6 Å². The standard InChI is InChI=1S/C31H30ClF3N4O9/c1-10-12-5-7-15(38-29(47)37-14-6-4-11(9-32)8-13(14)31(33,34)35)22(40)17(12)23(41)18-16(10)24(42)20-21(39(2)3)25(43)19(28(36)46)27(45)30(20,48)26(18)44/h4-8,10,16,20-21,24,40,42-44,48H,9H2,1-3H3,(H2,36,46)(H2,37,38,47)/t10-,16+,20+,21-,24-,30-/m0/s1. The molecule has 48 heavy (non-hydrogen) atoms. The summed E-state index contributed by atoms with van der Waals surface area (Å²) < 4.78 is 41.0. The normalized spacial score (nSPS) is 27.0. The van der Waals surface area contributed by atoms with Crippen molar-refractivity contribution in [3.63, 3.8) is 0 Å². The number of nitrogens with one attached hydrogen (secondary N) is 2. The van der Waals surface area contributed by atoms with Crippen molar-refractivity contribution in [3.8, 4) is 5.75 Å². The van der Waals surface area contributed by atoms with Crippen molar-refractivity contribution in [3.05, 3.63) is 75.3 Å². The number of phenolic OH excluding ortho intramolecular Hbond substituents is 1. The molecule has 2 aromatic carbocycles. The first-order valence-electron chi connectivity index (χ1n) is 14.3. The SMILES string of the molecule is C[C@H]1c2ccc(NC(=O)Nc3ccc(CCl)cc3C(F)(F)F)c(O)c2C(=O)C2=C(O)[C@]3(O)C(=O)C(C(N)=O)=C(O)[C@@H](N(C)C)[C@@H]3[C@@H](O)[C@@H]21. The molecule has 0 aliphatic heterocycles. The van der Waals surface area contributed by atoms with E-state index in [1.807, 2.05) is 5.32 Å². The van der Waals surface area contributed by atoms with Crippen molar-refractivity contribution in [2.45, 2.75) is 42.6 Å². The third-order valence-corrected chi connectivity index (χ3v) is 9.48. The number of carbonyl (C=O) groups is 4. The number of amides is 3. The lowest BCUT2D eigenvalue weighted by Crippen LogP contribution is -2.68. The third-order valence-electron chi connectivity index (χ3n) is 9.17. The summed E-state index contributed by atoms with van der Waals surface area (Å²) in [4.78, 5) is 53.8. The van der Waals surface area contributed by atoms with Gasteiger partial charge in [-0.05, 0) is 49.3 Å². The number of halogens is 4. The number of hydrogen-bond donors (Lipinski definition) is 8. The molecule has 0 heterocycles. The summed E-state index contributed by atoms with van der Waals surface area (Å²) in [6.45, 7) is 1.51. The zero-order valence-electron chi connectivity index (χ0n) is 25.4. The maximum atomic E-state index is 14.0. The number of benzene rings is 2. The van der Waals surface area contributed by atoms with Crippen molar-refractivity contribution in [1.82, 2.24) is 4.90 Å². The number of urea groups is 1. The Kier molecular flexibility index (Phi) is 8.53. The lowest BCUT2D eigenvalue weighted by atomic mass is 9.55. The number of fused-ring (bicyclic) bond motifs is 3. The Labute approximate surface area is 275 Å². The van der Waals surface area contributed by atoms with Crippen LogP contribution in [0, 0.1) is 11.8 Å². The van der Waals surface area contributed by atoms with Gasteiger partial charge in [-0.2, -0.15) is 13.2 Å². The Balaban J connectivity index is 1.57. The van der Waals surface area contributed by atoms with Crippen molar-refractivity contribution >= 4 is 46.5 Å². The Morgan fingerprint density at radius 2 is 1.67 bits per heavy atom. The summed E-state index contributed by atoms with van der Waals surface area (Å²) in [5.74, 6) is -11.3. The number of likely N-dealkylation sites (N-methyl/N-ethyl adjacent to an activating group) is 1. The van der Waals surface area contributed by atoms with E-state index in [1.165, 1.54) is 44.1 Å². The number of aliphatic hydroxyl groups is 4. The number of carbonyl (C=O) groups excluding carboxylic acids is 4. The fourth-order valence-electron chi connectivity index (χ4n) is 7.02. The monoisotopic (exact) mass is 694 g/mol. The second-order valence-electron chi connectivity index (χ2n) is 12.1. The van der Waals surface area contributed by atoms with Crippen LogP contribution < -0.4 is 16.4 Å². The second kappa shape index (κ2) is 11.8. The number of primary amides is 1. The molecule has 9 N–H and O–H groups in total. The molecule has 3 aliphatic rings. The van der Waals surface area contributed by atoms with Gasteiger partial charge in [0.05, 0.1) is 40.6 Å². The van der Waals surface area contributed by atoms with E-state index >= 15 is 0 Å². The zero-order valence-corrected chi connectivity index (χ0v) is 26.1. The van der Waals surface area contributed by atoms with E-state index in [9.17, 15) is 57.9 Å². The van der Waals surface area contributed by atoms with E-state index in [2.05, 4.69) is 5.32 Å². The number of phenols is 1.